The summed E-state index contributed by atoms with van der Waals surface area (Å²) in [5.41, 5.74) is 1.98. The van der Waals surface area contributed by atoms with Gasteiger partial charge in [0, 0.05) is 4.88 Å². The average Bonchev–Trinajstić information content (AvgIpc) is 3.18. The molecule has 20 heavy (non-hydrogen) atoms. The van der Waals surface area contributed by atoms with Gasteiger partial charge in [0.15, 0.2) is 0 Å². The Kier molecular flexibility index (Phi) is 3.73. The van der Waals surface area contributed by atoms with Crippen LogP contribution in [0.3, 0.4) is 0 Å². The van der Waals surface area contributed by atoms with Crippen molar-refractivity contribution < 1.29 is 0 Å². The Morgan fingerprint density at radius 2 is 2.15 bits per heavy atom. The number of tetrazole rings is 1. The molecule has 0 saturated carbocycles. The van der Waals surface area contributed by atoms with Gasteiger partial charge in [0.1, 0.15) is 6.33 Å². The average molecular weight is 285 g/mol. The number of nitrogens with one attached hydrogen (secondary N) is 1. The van der Waals surface area contributed by atoms with Gasteiger partial charge in [-0.25, -0.2) is 0 Å². The molecule has 0 aliphatic heterocycles. The SMILES string of the molecule is CCC(Nc1ccccc1-n1cnnn1)c1cccs1. The number of hydrogen-bond acceptors (Lipinski definition) is 5. The first-order chi connectivity index (χ1) is 9.88. The van der Waals surface area contributed by atoms with Crippen LogP contribution in [0.4, 0.5) is 5.69 Å². The summed E-state index contributed by atoms with van der Waals surface area (Å²) < 4.78 is 1.67. The molecule has 6 heteroatoms. The van der Waals surface area contributed by atoms with E-state index in [1.807, 2.05) is 24.3 Å². The molecule has 0 bridgehead atoms. The van der Waals surface area contributed by atoms with Gasteiger partial charge in [0.2, 0.25) is 0 Å². The minimum absolute atomic E-state index is 0.299. The van der Waals surface area contributed by atoms with Crippen LogP contribution in [-0.4, -0.2) is 20.2 Å². The summed E-state index contributed by atoms with van der Waals surface area (Å²) in [7, 11) is 0. The third kappa shape index (κ3) is 2.55. The van der Waals surface area contributed by atoms with Gasteiger partial charge in [0.05, 0.1) is 17.4 Å². The quantitative estimate of drug-likeness (QED) is 0.781. The standard InChI is InChI=1S/C14H15N5S/c1-2-11(14-8-5-9-20-14)16-12-6-3-4-7-13(12)19-10-15-17-18-19/h3-11,16H,2H2,1H3. The monoisotopic (exact) mass is 285 g/mol. The zero-order chi connectivity index (χ0) is 13.8. The highest BCUT2D eigenvalue weighted by molar-refractivity contribution is 7.10. The fourth-order valence-corrected chi connectivity index (χ4v) is 2.98. The van der Waals surface area contributed by atoms with Gasteiger partial charge in [-0.05, 0) is 40.4 Å². The molecule has 0 saturated heterocycles. The second-order valence-electron chi connectivity index (χ2n) is 4.39. The predicted molar refractivity (Wildman–Crippen MR) is 80.1 cm³/mol. The lowest BCUT2D eigenvalue weighted by molar-refractivity contribution is 0.753. The molecule has 3 rings (SSSR count). The van der Waals surface area contributed by atoms with Crippen LogP contribution >= 0.6 is 11.3 Å². The van der Waals surface area contributed by atoms with Crippen LogP contribution in [0.2, 0.25) is 0 Å². The molecular weight excluding hydrogens is 270 g/mol. The molecule has 2 heterocycles. The number of hydrogen-bond donors (Lipinski definition) is 1. The third-order valence-electron chi connectivity index (χ3n) is 3.12. The molecule has 0 amide bonds. The third-order valence-corrected chi connectivity index (χ3v) is 4.11. The Morgan fingerprint density at radius 1 is 1.25 bits per heavy atom. The van der Waals surface area contributed by atoms with Gasteiger partial charge >= 0.3 is 0 Å². The van der Waals surface area contributed by atoms with Crippen molar-refractivity contribution in [3.05, 3.63) is 53.0 Å². The summed E-state index contributed by atoms with van der Waals surface area (Å²) in [6, 6.07) is 12.6. The minimum Gasteiger partial charge on any atom is -0.376 e. The molecule has 0 radical (unpaired) electrons. The van der Waals surface area contributed by atoms with Crippen molar-refractivity contribution in [2.24, 2.45) is 0 Å². The highest BCUT2D eigenvalue weighted by Gasteiger charge is 2.13. The first kappa shape index (κ1) is 12.8. The molecule has 1 N–H and O–H groups in total. The summed E-state index contributed by atoms with van der Waals surface area (Å²) in [6.45, 7) is 2.18. The smallest absolute Gasteiger partial charge is 0.143 e. The largest absolute Gasteiger partial charge is 0.376 e. The lowest BCUT2D eigenvalue weighted by Gasteiger charge is -2.19. The number of nitrogens with zero attached hydrogens (tertiary/aromatic N) is 4. The van der Waals surface area contributed by atoms with E-state index in [0.29, 0.717) is 6.04 Å². The van der Waals surface area contributed by atoms with Gasteiger partial charge in [0.25, 0.3) is 0 Å². The van der Waals surface area contributed by atoms with Gasteiger partial charge in [-0.15, -0.1) is 16.4 Å². The number of rotatable bonds is 5. The fourth-order valence-electron chi connectivity index (χ4n) is 2.12. The van der Waals surface area contributed by atoms with Crippen molar-refractivity contribution in [1.82, 2.24) is 20.2 Å². The van der Waals surface area contributed by atoms with E-state index in [0.717, 1.165) is 17.8 Å². The summed E-state index contributed by atoms with van der Waals surface area (Å²) in [5, 5.41) is 17.0. The molecule has 102 valence electrons. The molecule has 1 aromatic carbocycles. The summed E-state index contributed by atoms with van der Waals surface area (Å²) in [6.07, 6.45) is 2.62. The van der Waals surface area contributed by atoms with Crippen LogP contribution in [-0.2, 0) is 0 Å². The Morgan fingerprint density at radius 3 is 2.85 bits per heavy atom. The molecule has 1 atom stereocenters. The Labute approximate surface area is 121 Å². The van der Waals surface area contributed by atoms with E-state index in [1.165, 1.54) is 4.88 Å². The first-order valence-corrected chi connectivity index (χ1v) is 7.38. The van der Waals surface area contributed by atoms with Gasteiger partial charge in [-0.3, -0.25) is 0 Å². The molecule has 3 aromatic rings. The van der Waals surface area contributed by atoms with Crippen LogP contribution in [0.25, 0.3) is 5.69 Å². The molecule has 0 aliphatic carbocycles. The van der Waals surface area contributed by atoms with Gasteiger partial charge in [-0.1, -0.05) is 25.1 Å². The molecular formula is C14H15N5S. The maximum absolute atomic E-state index is 3.96. The van der Waals surface area contributed by atoms with Gasteiger partial charge < -0.3 is 5.32 Å². The maximum atomic E-state index is 3.96. The zero-order valence-corrected chi connectivity index (χ0v) is 11.9. The van der Waals surface area contributed by atoms with Crippen molar-refractivity contribution in [1.29, 1.82) is 0 Å². The maximum Gasteiger partial charge on any atom is 0.143 e. The van der Waals surface area contributed by atoms with Crippen molar-refractivity contribution in [3.8, 4) is 5.69 Å². The summed E-state index contributed by atoms with van der Waals surface area (Å²) >= 11 is 1.77. The van der Waals surface area contributed by atoms with Crippen LogP contribution in [0.15, 0.2) is 48.1 Å². The van der Waals surface area contributed by atoms with E-state index in [1.54, 1.807) is 22.3 Å². The molecule has 0 spiro atoms. The minimum atomic E-state index is 0.299. The van der Waals surface area contributed by atoms with E-state index in [2.05, 4.69) is 45.3 Å². The van der Waals surface area contributed by atoms with E-state index in [-0.39, 0.29) is 0 Å². The van der Waals surface area contributed by atoms with Crippen LogP contribution in [0.1, 0.15) is 24.3 Å². The second-order valence-corrected chi connectivity index (χ2v) is 5.37. The Hall–Kier alpha value is -2.21. The lowest BCUT2D eigenvalue weighted by atomic mass is 10.1. The number of benzene rings is 1. The first-order valence-electron chi connectivity index (χ1n) is 6.51. The van der Waals surface area contributed by atoms with Crippen molar-refractivity contribution in [2.45, 2.75) is 19.4 Å². The topological polar surface area (TPSA) is 55.6 Å². The predicted octanol–water partition coefficient (Wildman–Crippen LogP) is 3.29. The number of anilines is 1. The molecule has 0 aliphatic rings. The van der Waals surface area contributed by atoms with E-state index in [9.17, 15) is 0 Å². The lowest BCUT2D eigenvalue weighted by Crippen LogP contribution is -2.10. The van der Waals surface area contributed by atoms with Crippen molar-refractivity contribution in [3.63, 3.8) is 0 Å². The highest BCUT2D eigenvalue weighted by atomic mass is 32.1. The van der Waals surface area contributed by atoms with E-state index >= 15 is 0 Å². The Bertz CT molecular complexity index is 648. The Balaban J connectivity index is 1.91. The van der Waals surface area contributed by atoms with Gasteiger partial charge in [-0.2, -0.15) is 4.68 Å². The van der Waals surface area contributed by atoms with Crippen LogP contribution < -0.4 is 5.32 Å². The highest BCUT2D eigenvalue weighted by Crippen LogP contribution is 2.28. The fraction of sp³-hybridized carbons (Fsp3) is 0.214. The van der Waals surface area contributed by atoms with E-state index in [4.69, 9.17) is 0 Å². The molecule has 2 aromatic heterocycles. The second kappa shape index (κ2) is 5.83. The normalized spacial score (nSPS) is 12.2. The summed E-state index contributed by atoms with van der Waals surface area (Å²) in [5.74, 6) is 0. The molecule has 1 unspecified atom stereocenters. The number of aromatic nitrogens is 4. The zero-order valence-electron chi connectivity index (χ0n) is 11.1. The van der Waals surface area contributed by atoms with E-state index < -0.39 is 0 Å². The van der Waals surface area contributed by atoms with Crippen LogP contribution in [0.5, 0.6) is 0 Å². The number of para-hydroxylation sites is 2. The van der Waals surface area contributed by atoms with Crippen molar-refractivity contribution in [2.75, 3.05) is 5.32 Å². The van der Waals surface area contributed by atoms with Crippen LogP contribution in [0, 0.1) is 0 Å². The number of thiophene rings is 1. The summed E-state index contributed by atoms with van der Waals surface area (Å²) in [4.78, 5) is 1.33. The molecule has 5 nitrogen and oxygen atoms in total. The van der Waals surface area contributed by atoms with Crippen molar-refractivity contribution >= 4 is 17.0 Å². The molecule has 0 fully saturated rings.